The molecule has 0 unspecified atom stereocenters. The fraction of sp³-hybridized carbons (Fsp3) is 0.778. The number of rotatable bonds is 5. The molecule has 1 N–H and O–H groups in total. The molecule has 0 radical (unpaired) electrons. The molecule has 1 saturated heterocycles. The zero-order valence-corrected chi connectivity index (χ0v) is 10.4. The third-order valence-electron chi connectivity index (χ3n) is 2.29. The Morgan fingerprint density at radius 3 is 2.65 bits per heavy atom. The van der Waals surface area contributed by atoms with Gasteiger partial charge in [0.1, 0.15) is 6.04 Å². The SMILES string of the molecule is CC(=O)N[C@@H](CSN=O)C(=O)N1CCOCC1. The minimum absolute atomic E-state index is 0.152. The Kier molecular flexibility index (Phi) is 5.92. The molecule has 0 bridgehead atoms. The van der Waals surface area contributed by atoms with E-state index in [9.17, 15) is 14.5 Å². The molecule has 1 atom stereocenters. The largest absolute Gasteiger partial charge is 0.378 e. The Balaban J connectivity index is 2.56. The molecule has 1 aliphatic rings. The lowest BCUT2D eigenvalue weighted by Crippen LogP contribution is -2.52. The van der Waals surface area contributed by atoms with Gasteiger partial charge in [0.15, 0.2) is 0 Å². The van der Waals surface area contributed by atoms with Crippen molar-refractivity contribution in [2.24, 2.45) is 4.58 Å². The van der Waals surface area contributed by atoms with Crippen molar-refractivity contribution >= 4 is 23.8 Å². The predicted molar refractivity (Wildman–Crippen MR) is 63.3 cm³/mol. The summed E-state index contributed by atoms with van der Waals surface area (Å²) < 4.78 is 7.77. The summed E-state index contributed by atoms with van der Waals surface area (Å²) in [6.45, 7) is 3.34. The number of morpholine rings is 1. The van der Waals surface area contributed by atoms with E-state index in [0.717, 1.165) is 11.9 Å². The number of amides is 2. The van der Waals surface area contributed by atoms with E-state index in [0.29, 0.717) is 26.3 Å². The van der Waals surface area contributed by atoms with Crippen molar-refractivity contribution in [3.63, 3.8) is 0 Å². The Hall–Kier alpha value is -1.15. The quantitative estimate of drug-likeness (QED) is 0.545. The van der Waals surface area contributed by atoms with Gasteiger partial charge in [-0.25, -0.2) is 0 Å². The summed E-state index contributed by atoms with van der Waals surface area (Å²) in [4.78, 5) is 34.7. The van der Waals surface area contributed by atoms with Crippen LogP contribution < -0.4 is 5.32 Å². The van der Waals surface area contributed by atoms with Crippen LogP contribution in [0.15, 0.2) is 4.58 Å². The lowest BCUT2D eigenvalue weighted by atomic mass is 10.2. The zero-order chi connectivity index (χ0) is 12.7. The second-order valence-electron chi connectivity index (χ2n) is 3.56. The van der Waals surface area contributed by atoms with E-state index in [4.69, 9.17) is 4.74 Å². The van der Waals surface area contributed by atoms with E-state index in [2.05, 4.69) is 9.90 Å². The van der Waals surface area contributed by atoms with Gasteiger partial charge in [-0.05, 0) is 0 Å². The zero-order valence-electron chi connectivity index (χ0n) is 9.55. The highest BCUT2D eigenvalue weighted by Crippen LogP contribution is 2.08. The Morgan fingerprint density at radius 1 is 1.47 bits per heavy atom. The molecule has 7 nitrogen and oxygen atoms in total. The minimum Gasteiger partial charge on any atom is -0.378 e. The lowest BCUT2D eigenvalue weighted by Gasteiger charge is -2.30. The predicted octanol–water partition coefficient (Wildman–Crippen LogP) is -0.236. The van der Waals surface area contributed by atoms with Crippen molar-refractivity contribution in [3.05, 3.63) is 4.91 Å². The van der Waals surface area contributed by atoms with Crippen LogP contribution in [-0.2, 0) is 14.3 Å². The fourth-order valence-corrected chi connectivity index (χ4v) is 1.96. The van der Waals surface area contributed by atoms with Crippen LogP contribution in [0.5, 0.6) is 0 Å². The van der Waals surface area contributed by atoms with E-state index in [-0.39, 0.29) is 17.6 Å². The fourth-order valence-electron chi connectivity index (χ4n) is 1.53. The molecule has 0 aliphatic carbocycles. The highest BCUT2D eigenvalue weighted by Gasteiger charge is 2.26. The Labute approximate surface area is 103 Å². The summed E-state index contributed by atoms with van der Waals surface area (Å²) in [7, 11) is 0. The monoisotopic (exact) mass is 261 g/mol. The highest BCUT2D eigenvalue weighted by atomic mass is 32.2. The smallest absolute Gasteiger partial charge is 0.246 e. The van der Waals surface area contributed by atoms with Gasteiger partial charge in [-0.2, -0.15) is 0 Å². The second kappa shape index (κ2) is 7.23. The molecule has 96 valence electrons. The number of ether oxygens (including phenoxy) is 1. The molecule has 8 heteroatoms. The first kappa shape index (κ1) is 13.9. The number of nitroso groups, excluding NO2 is 1. The first-order chi connectivity index (χ1) is 8.15. The molecule has 17 heavy (non-hydrogen) atoms. The number of hydrogen-bond acceptors (Lipinski definition) is 6. The van der Waals surface area contributed by atoms with Crippen LogP contribution >= 0.6 is 11.9 Å². The maximum Gasteiger partial charge on any atom is 0.246 e. The summed E-state index contributed by atoms with van der Waals surface area (Å²) in [5.41, 5.74) is 0. The van der Waals surface area contributed by atoms with Crippen LogP contribution in [0.2, 0.25) is 0 Å². The molecule has 1 heterocycles. The number of carbonyl (C=O) groups is 2. The first-order valence-corrected chi connectivity index (χ1v) is 6.17. The van der Waals surface area contributed by atoms with Crippen molar-refractivity contribution in [2.75, 3.05) is 32.1 Å². The molecule has 0 aromatic carbocycles. The first-order valence-electron chi connectivity index (χ1n) is 5.23. The van der Waals surface area contributed by atoms with Crippen LogP contribution in [0.1, 0.15) is 6.92 Å². The van der Waals surface area contributed by atoms with E-state index in [1.807, 2.05) is 0 Å². The van der Waals surface area contributed by atoms with Gasteiger partial charge in [-0.3, -0.25) is 9.59 Å². The number of nitrogens with zero attached hydrogens (tertiary/aromatic N) is 2. The van der Waals surface area contributed by atoms with Gasteiger partial charge in [-0.15, -0.1) is 4.91 Å². The van der Waals surface area contributed by atoms with Crippen LogP contribution in [0.3, 0.4) is 0 Å². The summed E-state index contributed by atoms with van der Waals surface area (Å²) in [5.74, 6) is -0.345. The molecular formula is C9H15N3O4S. The van der Waals surface area contributed by atoms with Gasteiger partial charge in [0.05, 0.1) is 13.2 Å². The molecule has 1 rings (SSSR count). The van der Waals surface area contributed by atoms with Gasteiger partial charge in [0.2, 0.25) is 11.8 Å². The highest BCUT2D eigenvalue weighted by molar-refractivity contribution is 7.97. The van der Waals surface area contributed by atoms with Gasteiger partial charge in [0, 0.05) is 42.3 Å². The van der Waals surface area contributed by atoms with Crippen LogP contribution in [0.4, 0.5) is 0 Å². The number of nitrogens with one attached hydrogen (secondary N) is 1. The summed E-state index contributed by atoms with van der Waals surface area (Å²) in [5, 5.41) is 2.52. The molecule has 0 aromatic rings. The van der Waals surface area contributed by atoms with Crippen molar-refractivity contribution in [3.8, 4) is 0 Å². The van der Waals surface area contributed by atoms with Gasteiger partial charge in [0.25, 0.3) is 0 Å². The van der Waals surface area contributed by atoms with E-state index in [1.54, 1.807) is 4.90 Å². The van der Waals surface area contributed by atoms with Crippen molar-refractivity contribution < 1.29 is 14.3 Å². The van der Waals surface area contributed by atoms with Crippen LogP contribution in [0, 0.1) is 4.91 Å². The molecule has 0 aromatic heterocycles. The maximum absolute atomic E-state index is 12.0. The summed E-state index contributed by atoms with van der Waals surface area (Å²) in [6, 6.07) is -0.701. The van der Waals surface area contributed by atoms with E-state index < -0.39 is 6.04 Å². The maximum atomic E-state index is 12.0. The van der Waals surface area contributed by atoms with Gasteiger partial charge < -0.3 is 15.0 Å². The third kappa shape index (κ3) is 4.70. The molecule has 1 aliphatic heterocycles. The van der Waals surface area contributed by atoms with E-state index >= 15 is 0 Å². The van der Waals surface area contributed by atoms with Crippen LogP contribution in [0.25, 0.3) is 0 Å². The molecule has 0 spiro atoms. The van der Waals surface area contributed by atoms with E-state index in [1.165, 1.54) is 6.92 Å². The normalized spacial score (nSPS) is 17.4. The molecule has 2 amide bonds. The third-order valence-corrected chi connectivity index (χ3v) is 2.88. The average molecular weight is 261 g/mol. The van der Waals surface area contributed by atoms with Crippen molar-refractivity contribution in [1.29, 1.82) is 0 Å². The standard InChI is InChI=1S/C9H15N3O4S/c1-7(13)10-8(6-17-11-15)9(14)12-2-4-16-5-3-12/h8H,2-6H2,1H3,(H,10,13)/t8-/m0/s1. The average Bonchev–Trinajstić information content (AvgIpc) is 2.34. The molecule has 0 saturated carbocycles. The molecular weight excluding hydrogens is 246 g/mol. The van der Waals surface area contributed by atoms with Crippen molar-refractivity contribution in [2.45, 2.75) is 13.0 Å². The summed E-state index contributed by atoms with van der Waals surface area (Å²) >= 11 is 0.726. The van der Waals surface area contributed by atoms with Crippen LogP contribution in [-0.4, -0.2) is 54.8 Å². The number of hydrogen-bond donors (Lipinski definition) is 1. The summed E-state index contributed by atoms with van der Waals surface area (Å²) in [6.07, 6.45) is 0. The van der Waals surface area contributed by atoms with Gasteiger partial charge >= 0.3 is 0 Å². The van der Waals surface area contributed by atoms with Crippen molar-refractivity contribution in [1.82, 2.24) is 10.2 Å². The second-order valence-corrected chi connectivity index (χ2v) is 4.30. The van der Waals surface area contributed by atoms with Gasteiger partial charge in [-0.1, -0.05) is 0 Å². The Morgan fingerprint density at radius 2 is 2.12 bits per heavy atom. The lowest BCUT2D eigenvalue weighted by molar-refractivity contribution is -0.138. The minimum atomic E-state index is -0.701. The number of carbonyl (C=O) groups excluding carboxylic acids is 2. The topological polar surface area (TPSA) is 88.1 Å². The molecule has 1 fully saturated rings. The Bertz CT molecular complexity index is 294.